The van der Waals surface area contributed by atoms with Crippen molar-refractivity contribution >= 4 is 124 Å². The van der Waals surface area contributed by atoms with E-state index in [9.17, 15) is 58.2 Å². The molecule has 0 saturated heterocycles. The summed E-state index contributed by atoms with van der Waals surface area (Å²) in [5, 5.41) is 50.6. The summed E-state index contributed by atoms with van der Waals surface area (Å²) >= 11 is 8.16. The first-order valence-corrected chi connectivity index (χ1v) is 37.4. The summed E-state index contributed by atoms with van der Waals surface area (Å²) in [4.78, 5) is 189. The minimum atomic E-state index is -1.71. The summed E-state index contributed by atoms with van der Waals surface area (Å²) < 4.78 is 0. The number of carbonyl (C=O) groups is 13. The van der Waals surface area contributed by atoms with Gasteiger partial charge < -0.3 is 95.9 Å². The van der Waals surface area contributed by atoms with Crippen LogP contribution < -0.4 is 75.7 Å². The Labute approximate surface area is 633 Å². The predicted octanol–water partition coefficient (Wildman–Crippen LogP) is 1.17. The lowest BCUT2D eigenvalue weighted by molar-refractivity contribution is -0.141. The number of fused-ring (bicyclic) bond motifs is 2. The van der Waals surface area contributed by atoms with Crippen molar-refractivity contribution in [2.24, 2.45) is 35.0 Å². The van der Waals surface area contributed by atoms with Gasteiger partial charge in [0.25, 0.3) is 0 Å². The molecule has 33 heteroatoms. The lowest BCUT2D eigenvalue weighted by Gasteiger charge is -2.29. The van der Waals surface area contributed by atoms with E-state index in [-0.39, 0.29) is 87.8 Å². The third-order valence-corrected chi connectivity index (χ3v) is 18.6. The van der Waals surface area contributed by atoms with Crippen LogP contribution in [0.5, 0.6) is 0 Å². The highest BCUT2D eigenvalue weighted by Gasteiger charge is 2.38. The molecule has 0 bridgehead atoms. The van der Waals surface area contributed by atoms with Gasteiger partial charge in [0.15, 0.2) is 0 Å². The average molecular weight is 1530 g/mol. The molecular weight excluding hydrogens is 1420 g/mol. The number of carboxylic acids is 2. The first-order valence-electron chi connectivity index (χ1n) is 36.2. The maximum atomic E-state index is 15.3. The number of para-hydroxylation sites is 2. The van der Waals surface area contributed by atoms with Gasteiger partial charge in [-0.3, -0.25) is 57.5 Å². The van der Waals surface area contributed by atoms with Crippen molar-refractivity contribution in [3.63, 3.8) is 0 Å². The smallest absolute Gasteiger partial charge is 0.327 e. The van der Waals surface area contributed by atoms with Crippen LogP contribution in [0.2, 0.25) is 0 Å². The van der Waals surface area contributed by atoms with Crippen molar-refractivity contribution < 1.29 is 72.5 Å². The molecule has 0 aliphatic rings. The highest BCUT2D eigenvalue weighted by atomic mass is 32.1. The van der Waals surface area contributed by atoms with Crippen LogP contribution >= 0.6 is 25.3 Å². The van der Waals surface area contributed by atoms with Crippen LogP contribution in [0, 0.1) is 17.8 Å². The Morgan fingerprint density at radius 3 is 1.20 bits per heavy atom. The van der Waals surface area contributed by atoms with Gasteiger partial charge in [-0.15, -0.1) is 0 Å². The van der Waals surface area contributed by atoms with Gasteiger partial charge in [-0.2, -0.15) is 25.3 Å². The Balaban J connectivity index is 1.45. The van der Waals surface area contributed by atoms with Gasteiger partial charge in [0.2, 0.25) is 65.0 Å². The third kappa shape index (κ3) is 28.6. The second-order valence-corrected chi connectivity index (χ2v) is 28.6. The van der Waals surface area contributed by atoms with Crippen LogP contribution in [0.25, 0.3) is 21.8 Å². The van der Waals surface area contributed by atoms with E-state index in [1.165, 1.54) is 6.92 Å². The number of aromatic nitrogens is 2. The fourth-order valence-corrected chi connectivity index (χ4v) is 12.3. The van der Waals surface area contributed by atoms with Crippen LogP contribution in [0.4, 0.5) is 0 Å². The van der Waals surface area contributed by atoms with Gasteiger partial charge in [-0.1, -0.05) is 108 Å². The van der Waals surface area contributed by atoms with Gasteiger partial charge in [0.05, 0.1) is 6.04 Å². The number of aromatic amines is 2. The van der Waals surface area contributed by atoms with Gasteiger partial charge >= 0.3 is 11.9 Å². The Bertz CT molecular complexity index is 3820. The largest absolute Gasteiger partial charge is 0.481 e. The lowest BCUT2D eigenvalue weighted by Crippen LogP contribution is -2.61. The number of hydrogen-bond acceptors (Lipinski definition) is 18. The first-order chi connectivity index (χ1) is 50.9. The van der Waals surface area contributed by atoms with E-state index in [2.05, 4.69) is 93.7 Å². The minimum Gasteiger partial charge on any atom is -0.481 e. The molecule has 0 aliphatic carbocycles. The number of unbranched alkanes of at least 4 members (excludes halogenated alkanes) is 2. The second-order valence-electron chi connectivity index (χ2n) is 27.9. The fourth-order valence-electron chi connectivity index (χ4n) is 11.9. The topological polar surface area (TPSA) is 504 Å². The van der Waals surface area contributed by atoms with Crippen LogP contribution in [0.15, 0.2) is 91.3 Å². The SMILES string of the molecule is CC(C)C[C@H](NC(=O)[C@H](Cc1c[nH]c2ccccc12)NC(=O)[C@H](Cc1ccccc1)NC(=O)[C@H](Cc1c[nH]c2ccccc12)NC(=O)[C@H](CCC(=O)O)NC(=O)[C@H](CCCCN)NC(=O)[C@H](C)NC(=O)[C@H](CCCCN)NC(=O)[C@H](CC(C)C)NC(=O)[C@@H](NC(=O)[C@@H](N)CS)C(C)C)C(=O)N[C@@H](CS)C(=O)O. The molecular formula is C74H108N16O15S2. The average Bonchev–Trinajstić information content (AvgIpc) is 1.71. The highest BCUT2D eigenvalue weighted by molar-refractivity contribution is 7.80. The van der Waals surface area contributed by atoms with Crippen molar-refractivity contribution in [1.82, 2.24) is 68.5 Å². The molecule has 0 spiro atoms. The third-order valence-electron chi connectivity index (χ3n) is 17.8. The molecule has 2 heterocycles. The summed E-state index contributed by atoms with van der Waals surface area (Å²) in [6, 6.07) is 6.49. The molecule has 586 valence electrons. The predicted molar refractivity (Wildman–Crippen MR) is 411 cm³/mol. The summed E-state index contributed by atoms with van der Waals surface area (Å²) in [6.45, 7) is 12.4. The molecule has 0 saturated carbocycles. The number of carbonyl (C=O) groups excluding carboxylic acids is 11. The van der Waals surface area contributed by atoms with Crippen molar-refractivity contribution in [3.8, 4) is 0 Å². The van der Waals surface area contributed by atoms with Gasteiger partial charge in [0, 0.05) is 71.4 Å². The minimum absolute atomic E-state index is 0.00912. The van der Waals surface area contributed by atoms with Crippen LogP contribution in [-0.4, -0.2) is 194 Å². The lowest BCUT2D eigenvalue weighted by atomic mass is 9.99. The number of aliphatic carboxylic acids is 2. The monoisotopic (exact) mass is 1520 g/mol. The molecule has 31 nitrogen and oxygen atoms in total. The van der Waals surface area contributed by atoms with E-state index in [1.54, 1.807) is 107 Å². The number of thiol groups is 2. The van der Waals surface area contributed by atoms with Crippen LogP contribution in [0.3, 0.4) is 0 Å². The van der Waals surface area contributed by atoms with E-state index >= 15 is 14.4 Å². The summed E-state index contributed by atoms with van der Waals surface area (Å²) in [5.41, 5.74) is 20.5. The zero-order valence-corrected chi connectivity index (χ0v) is 63.5. The first kappa shape index (κ1) is 88.1. The zero-order chi connectivity index (χ0) is 79.0. The van der Waals surface area contributed by atoms with Gasteiger partial charge in [-0.05, 0) is 124 Å². The summed E-state index contributed by atoms with van der Waals surface area (Å²) in [6.07, 6.45) is 3.01. The number of carboxylic acid groups (broad SMARTS) is 2. The van der Waals surface area contributed by atoms with Crippen molar-refractivity contribution in [2.75, 3.05) is 24.6 Å². The molecule has 21 N–H and O–H groups in total. The number of rotatable bonds is 47. The molecule has 0 radical (unpaired) electrons. The maximum Gasteiger partial charge on any atom is 0.327 e. The van der Waals surface area contributed by atoms with E-state index in [0.29, 0.717) is 57.8 Å². The molecule has 107 heavy (non-hydrogen) atoms. The summed E-state index contributed by atoms with van der Waals surface area (Å²) in [7, 11) is 0. The van der Waals surface area contributed by atoms with E-state index < -0.39 is 168 Å². The molecule has 12 atom stereocenters. The van der Waals surface area contributed by atoms with Crippen LogP contribution in [-0.2, 0) is 81.6 Å². The van der Waals surface area contributed by atoms with E-state index in [0.717, 1.165) is 0 Å². The summed E-state index contributed by atoms with van der Waals surface area (Å²) in [5.74, 6) is -12.9. The Morgan fingerprint density at radius 2 is 0.776 bits per heavy atom. The Morgan fingerprint density at radius 1 is 0.402 bits per heavy atom. The molecule has 0 aliphatic heterocycles. The van der Waals surface area contributed by atoms with E-state index in [1.807, 2.05) is 26.0 Å². The van der Waals surface area contributed by atoms with Gasteiger partial charge in [0.1, 0.15) is 66.5 Å². The number of H-pyrrole nitrogens is 2. The number of nitrogens with two attached hydrogens (primary N) is 3. The number of amides is 11. The van der Waals surface area contributed by atoms with Crippen molar-refractivity contribution in [1.29, 1.82) is 0 Å². The molecule has 5 aromatic rings. The number of hydrogen-bond donors (Lipinski definition) is 20. The molecule has 2 aromatic heterocycles. The Hall–Kier alpha value is -9.57. The molecule has 5 rings (SSSR count). The molecule has 0 fully saturated rings. The second kappa shape index (κ2) is 44.5. The van der Waals surface area contributed by atoms with Crippen molar-refractivity contribution in [3.05, 3.63) is 108 Å². The number of benzene rings is 3. The van der Waals surface area contributed by atoms with Crippen LogP contribution in [0.1, 0.15) is 129 Å². The zero-order valence-electron chi connectivity index (χ0n) is 61.7. The van der Waals surface area contributed by atoms with E-state index in [4.69, 9.17) is 17.2 Å². The Kier molecular flexibility index (Phi) is 36.6. The normalized spacial score (nSPS) is 14.8. The highest BCUT2D eigenvalue weighted by Crippen LogP contribution is 2.23. The standard InChI is InChI=1S/C74H108N16O15S2/c1-40(2)31-55(69(99)89-60(39-107)74(104)105)84-71(101)59(35-46-37-79-51-24-14-12-22-48(46)51)87-70(100)57(33-44-19-9-8-10-20-44)85-72(102)58(34-45-36-78-50-23-13-11-21-47(45)50)86-67(97)54(27-28-61(91)92)83-66(96)53(26-16-18-30-76)81-63(93)43(7)80-65(95)52(25-15-17-29-75)82-68(98)56(32-41(3)4)88-73(103)62(42(5)6)90-64(94)49(77)38-106/h8-14,19-24,36-37,40-43,49,52-60,62,78-79,106-107H,15-18,25-35,38-39,75-77H2,1-7H3,(H,80,95)(H,81,93)(H,82,98)(H,83,96)(H,84,101)(H,85,102)(H,86,97)(H,87,100)(H,88,103)(H,89,99)(H,90,94)(H,91,92)(H,104,105)/t43-,49-,52-,53-,54-,55-,56-,57-,58-,59-,60-,62-/m0/s1. The fraction of sp³-hybridized carbons (Fsp3) is 0.527. The maximum absolute atomic E-state index is 15.3. The van der Waals surface area contributed by atoms with Crippen molar-refractivity contribution in [2.45, 2.75) is 204 Å². The molecule has 11 amide bonds. The van der Waals surface area contributed by atoms with Gasteiger partial charge in [-0.25, -0.2) is 4.79 Å². The number of nitrogens with one attached hydrogen (secondary N) is 13. The molecule has 3 aromatic carbocycles. The molecule has 0 unspecified atom stereocenters. The quantitative estimate of drug-likeness (QED) is 0.0192.